The summed E-state index contributed by atoms with van der Waals surface area (Å²) in [7, 11) is 3.38. The molecular formula is C21H20N4O3S. The van der Waals surface area contributed by atoms with Crippen molar-refractivity contribution in [3.63, 3.8) is 0 Å². The number of rotatable bonds is 4. The topological polar surface area (TPSA) is 77.2 Å². The van der Waals surface area contributed by atoms with Gasteiger partial charge in [0, 0.05) is 23.6 Å². The molecule has 2 heterocycles. The minimum atomic E-state index is -0.165. The van der Waals surface area contributed by atoms with Crippen molar-refractivity contribution in [3.05, 3.63) is 58.2 Å². The fourth-order valence-electron chi connectivity index (χ4n) is 3.14. The van der Waals surface area contributed by atoms with Crippen LogP contribution in [0.1, 0.15) is 12.5 Å². The van der Waals surface area contributed by atoms with Crippen LogP contribution in [0.25, 0.3) is 11.3 Å². The van der Waals surface area contributed by atoms with Crippen LogP contribution in [0.3, 0.4) is 0 Å². The molecule has 1 N–H and O–H groups in total. The highest BCUT2D eigenvalue weighted by atomic mass is 32.1. The second kappa shape index (κ2) is 7.92. The quantitative estimate of drug-likeness (QED) is 0.673. The lowest BCUT2D eigenvalue weighted by atomic mass is 10.1. The molecule has 0 aliphatic carbocycles. The zero-order chi connectivity index (χ0) is 20.4. The Morgan fingerprint density at radius 3 is 2.90 bits per heavy atom. The van der Waals surface area contributed by atoms with Gasteiger partial charge in [-0.25, -0.2) is 4.68 Å². The van der Waals surface area contributed by atoms with Crippen molar-refractivity contribution in [1.29, 1.82) is 0 Å². The van der Waals surface area contributed by atoms with E-state index in [2.05, 4.69) is 10.3 Å². The van der Waals surface area contributed by atoms with Gasteiger partial charge in [0.05, 0.1) is 24.2 Å². The molecule has 1 amide bonds. The first-order chi connectivity index (χ1) is 14.1. The second-order valence-corrected chi connectivity index (χ2v) is 7.21. The molecule has 0 fully saturated rings. The number of hydrogen-bond donors (Lipinski definition) is 1. The molecule has 4 rings (SSSR count). The minimum absolute atomic E-state index is 0.0338. The highest BCUT2D eigenvalue weighted by Crippen LogP contribution is 2.33. The standard InChI is InChI=1S/C21H20N4O3S/c1-13(15-6-4-5-7-18(15)27-3)24-25-17(12-29-21(25)22-2)14-8-9-19-16(10-14)23-20(26)11-28-19/h4-10,12H,11H2,1-3H3,(H,23,26). The number of anilines is 1. The fraction of sp³-hybridized carbons (Fsp3) is 0.190. The van der Waals surface area contributed by atoms with Crippen LogP contribution in [-0.2, 0) is 4.79 Å². The van der Waals surface area contributed by atoms with Crippen molar-refractivity contribution < 1.29 is 14.3 Å². The van der Waals surface area contributed by atoms with Gasteiger partial charge in [-0.05, 0) is 37.3 Å². The largest absolute Gasteiger partial charge is 0.496 e. The molecule has 7 nitrogen and oxygen atoms in total. The first-order valence-corrected chi connectivity index (χ1v) is 9.88. The zero-order valence-corrected chi connectivity index (χ0v) is 17.1. The van der Waals surface area contributed by atoms with Crippen LogP contribution in [0, 0.1) is 0 Å². The van der Waals surface area contributed by atoms with E-state index in [9.17, 15) is 4.79 Å². The molecule has 3 aromatic rings. The third kappa shape index (κ3) is 3.66. The number of ether oxygens (including phenoxy) is 2. The van der Waals surface area contributed by atoms with Crippen LogP contribution in [0.5, 0.6) is 11.5 Å². The number of nitrogens with zero attached hydrogens (tertiary/aromatic N) is 3. The van der Waals surface area contributed by atoms with Gasteiger partial charge in [0.2, 0.25) is 4.80 Å². The molecule has 0 spiro atoms. The van der Waals surface area contributed by atoms with Gasteiger partial charge < -0.3 is 14.8 Å². The predicted molar refractivity (Wildman–Crippen MR) is 114 cm³/mol. The first kappa shape index (κ1) is 18.9. The number of carbonyl (C=O) groups is 1. The molecule has 1 aromatic heterocycles. The average molecular weight is 408 g/mol. The van der Waals surface area contributed by atoms with E-state index in [4.69, 9.17) is 14.6 Å². The highest BCUT2D eigenvalue weighted by molar-refractivity contribution is 7.07. The van der Waals surface area contributed by atoms with Gasteiger partial charge in [0.25, 0.3) is 5.91 Å². The molecule has 148 valence electrons. The summed E-state index contributed by atoms with van der Waals surface area (Å²) in [6, 6.07) is 13.4. The number of hydrogen-bond acceptors (Lipinski definition) is 6. The summed E-state index contributed by atoms with van der Waals surface area (Å²) < 4.78 is 12.7. The SMILES string of the molecule is CN=c1scc(-c2ccc3c(c2)NC(=O)CO3)n1N=C(C)c1ccccc1OC. The summed E-state index contributed by atoms with van der Waals surface area (Å²) >= 11 is 1.50. The van der Waals surface area contributed by atoms with Crippen molar-refractivity contribution in [2.75, 3.05) is 26.1 Å². The maximum atomic E-state index is 11.7. The number of nitrogens with one attached hydrogen (secondary N) is 1. The third-order valence-electron chi connectivity index (χ3n) is 4.53. The highest BCUT2D eigenvalue weighted by Gasteiger charge is 2.18. The van der Waals surface area contributed by atoms with E-state index in [-0.39, 0.29) is 12.5 Å². The van der Waals surface area contributed by atoms with Gasteiger partial charge >= 0.3 is 0 Å². The van der Waals surface area contributed by atoms with E-state index < -0.39 is 0 Å². The Morgan fingerprint density at radius 1 is 1.28 bits per heavy atom. The summed E-state index contributed by atoms with van der Waals surface area (Å²) in [5.74, 6) is 1.25. The van der Waals surface area contributed by atoms with Crippen LogP contribution in [0.2, 0.25) is 0 Å². The summed E-state index contributed by atoms with van der Waals surface area (Å²) in [4.78, 5) is 16.8. The van der Waals surface area contributed by atoms with E-state index in [1.807, 2.05) is 54.8 Å². The summed E-state index contributed by atoms with van der Waals surface area (Å²) in [6.45, 7) is 1.97. The summed E-state index contributed by atoms with van der Waals surface area (Å²) in [5.41, 5.74) is 4.13. The van der Waals surface area contributed by atoms with Crippen LogP contribution < -0.4 is 19.6 Å². The number of para-hydroxylation sites is 1. The van der Waals surface area contributed by atoms with Crippen molar-refractivity contribution in [3.8, 4) is 22.8 Å². The lowest BCUT2D eigenvalue weighted by Crippen LogP contribution is -2.25. The van der Waals surface area contributed by atoms with Gasteiger partial charge in [-0.15, -0.1) is 11.3 Å². The van der Waals surface area contributed by atoms with E-state index >= 15 is 0 Å². The smallest absolute Gasteiger partial charge is 0.262 e. The van der Waals surface area contributed by atoms with Crippen LogP contribution in [0.15, 0.2) is 57.9 Å². The van der Waals surface area contributed by atoms with Gasteiger partial charge in [0.15, 0.2) is 6.61 Å². The van der Waals surface area contributed by atoms with Crippen molar-refractivity contribution >= 4 is 28.6 Å². The second-order valence-electron chi connectivity index (χ2n) is 6.37. The van der Waals surface area contributed by atoms with E-state index in [0.29, 0.717) is 11.4 Å². The van der Waals surface area contributed by atoms with Crippen LogP contribution >= 0.6 is 11.3 Å². The number of benzene rings is 2. The molecule has 1 aliphatic heterocycles. The lowest BCUT2D eigenvalue weighted by Gasteiger charge is -2.18. The molecule has 0 unspecified atom stereocenters. The van der Waals surface area contributed by atoms with Gasteiger partial charge in [-0.1, -0.05) is 12.1 Å². The monoisotopic (exact) mass is 408 g/mol. The number of fused-ring (bicyclic) bond motifs is 1. The summed E-state index contributed by atoms with van der Waals surface area (Å²) in [5, 5.41) is 9.66. The molecule has 2 aromatic carbocycles. The number of carbonyl (C=O) groups excluding carboxylic acids is 1. The van der Waals surface area contributed by atoms with Crippen molar-refractivity contribution in [2.24, 2.45) is 10.1 Å². The van der Waals surface area contributed by atoms with E-state index in [0.717, 1.165) is 33.1 Å². The average Bonchev–Trinajstić information content (AvgIpc) is 3.15. The molecule has 1 aliphatic rings. The van der Waals surface area contributed by atoms with Gasteiger partial charge in [-0.2, -0.15) is 5.10 Å². The molecule has 0 atom stereocenters. The predicted octanol–water partition coefficient (Wildman–Crippen LogP) is 3.36. The molecular weight excluding hydrogens is 388 g/mol. The van der Waals surface area contributed by atoms with Crippen molar-refractivity contribution in [2.45, 2.75) is 6.92 Å². The van der Waals surface area contributed by atoms with Gasteiger partial charge in [0.1, 0.15) is 11.5 Å². The van der Waals surface area contributed by atoms with Crippen LogP contribution in [-0.4, -0.2) is 37.1 Å². The summed E-state index contributed by atoms with van der Waals surface area (Å²) in [6.07, 6.45) is 0. The number of methoxy groups -OCH3 is 1. The first-order valence-electron chi connectivity index (χ1n) is 9.00. The maximum Gasteiger partial charge on any atom is 0.262 e. The van der Waals surface area contributed by atoms with Crippen LogP contribution in [0.4, 0.5) is 5.69 Å². The minimum Gasteiger partial charge on any atom is -0.496 e. The number of amides is 1. The zero-order valence-electron chi connectivity index (χ0n) is 16.3. The maximum absolute atomic E-state index is 11.7. The molecule has 0 radical (unpaired) electrons. The normalized spacial score (nSPS) is 14.2. The number of thiazole rings is 1. The fourth-order valence-corrected chi connectivity index (χ4v) is 3.93. The third-order valence-corrected chi connectivity index (χ3v) is 5.44. The Morgan fingerprint density at radius 2 is 2.10 bits per heavy atom. The Balaban J connectivity index is 1.81. The van der Waals surface area contributed by atoms with Gasteiger partial charge in [-0.3, -0.25) is 9.79 Å². The molecule has 0 saturated heterocycles. The molecule has 29 heavy (non-hydrogen) atoms. The van der Waals surface area contributed by atoms with E-state index in [1.165, 1.54) is 11.3 Å². The molecule has 0 bridgehead atoms. The van der Waals surface area contributed by atoms with E-state index in [1.54, 1.807) is 18.8 Å². The Hall–Kier alpha value is -3.39. The molecule has 8 heteroatoms. The van der Waals surface area contributed by atoms with Crippen molar-refractivity contribution in [1.82, 2.24) is 4.68 Å². The molecule has 0 saturated carbocycles. The Kier molecular flexibility index (Phi) is 5.18. The lowest BCUT2D eigenvalue weighted by molar-refractivity contribution is -0.118. The number of aromatic nitrogens is 1. The Bertz CT molecular complexity index is 1180. The Labute approximate surface area is 171 Å².